The summed E-state index contributed by atoms with van der Waals surface area (Å²) in [6, 6.07) is 3.69. The number of carbonyl (C=O) groups is 1. The number of hydrogen-bond acceptors (Lipinski definition) is 4. The van der Waals surface area contributed by atoms with E-state index in [1.807, 2.05) is 6.07 Å². The molecule has 1 N–H and O–H groups in total. The van der Waals surface area contributed by atoms with Crippen LogP contribution in [0.4, 0.5) is 5.82 Å². The molecule has 1 aliphatic rings. The van der Waals surface area contributed by atoms with Crippen molar-refractivity contribution < 1.29 is 9.53 Å². The van der Waals surface area contributed by atoms with Crippen molar-refractivity contribution >= 4 is 11.7 Å². The maximum Gasteiger partial charge on any atom is 0.254 e. The number of nitrogens with zero attached hydrogens (tertiary/aromatic N) is 2. The molecule has 3 unspecified atom stereocenters. The van der Waals surface area contributed by atoms with Crippen LogP contribution < -0.4 is 5.32 Å². The van der Waals surface area contributed by atoms with E-state index >= 15 is 0 Å². The standard InChI is InChI=1S/C18H29N3O2/c1-12-7-6-8-14(11-12)23-13(2)17(22)19-16-10-9-15(20-21-16)18(3,4)5/h9-10,12-14H,6-8,11H2,1-5H3,(H,19,21,22). The fourth-order valence-corrected chi connectivity index (χ4v) is 2.88. The Labute approximate surface area is 139 Å². The lowest BCUT2D eigenvalue weighted by Gasteiger charge is -2.28. The third-order valence-electron chi connectivity index (χ3n) is 4.34. The average Bonchev–Trinajstić information content (AvgIpc) is 2.46. The van der Waals surface area contributed by atoms with Crippen molar-refractivity contribution in [2.45, 2.75) is 77.9 Å². The minimum atomic E-state index is -0.477. The van der Waals surface area contributed by atoms with Gasteiger partial charge in [-0.15, -0.1) is 5.10 Å². The van der Waals surface area contributed by atoms with E-state index in [2.05, 4.69) is 43.2 Å². The Morgan fingerprint density at radius 2 is 2.04 bits per heavy atom. The van der Waals surface area contributed by atoms with Crippen LogP contribution in [0.5, 0.6) is 0 Å². The molecule has 1 aliphatic carbocycles. The number of carbonyl (C=O) groups excluding carboxylic acids is 1. The molecule has 0 aliphatic heterocycles. The van der Waals surface area contributed by atoms with Gasteiger partial charge in [-0.05, 0) is 37.8 Å². The van der Waals surface area contributed by atoms with Gasteiger partial charge in [0.2, 0.25) is 0 Å². The molecular formula is C18H29N3O2. The van der Waals surface area contributed by atoms with Crippen LogP contribution in [-0.2, 0) is 14.9 Å². The molecule has 1 fully saturated rings. The topological polar surface area (TPSA) is 64.1 Å². The van der Waals surface area contributed by atoms with Gasteiger partial charge in [-0.2, -0.15) is 5.10 Å². The number of ether oxygens (including phenoxy) is 1. The molecule has 0 bridgehead atoms. The summed E-state index contributed by atoms with van der Waals surface area (Å²) in [5, 5.41) is 11.1. The number of hydrogen-bond donors (Lipinski definition) is 1. The van der Waals surface area contributed by atoms with Crippen molar-refractivity contribution in [3.8, 4) is 0 Å². The van der Waals surface area contributed by atoms with E-state index in [1.54, 1.807) is 13.0 Å². The van der Waals surface area contributed by atoms with Crippen molar-refractivity contribution in [2.75, 3.05) is 5.32 Å². The SMILES string of the molecule is CC1CCCC(OC(C)C(=O)Nc2ccc(C(C)(C)C)nn2)C1. The van der Waals surface area contributed by atoms with E-state index in [0.717, 1.165) is 18.5 Å². The van der Waals surface area contributed by atoms with Crippen LogP contribution in [0, 0.1) is 5.92 Å². The van der Waals surface area contributed by atoms with E-state index in [1.165, 1.54) is 12.8 Å². The number of nitrogens with one attached hydrogen (secondary N) is 1. The first-order chi connectivity index (χ1) is 10.8. The number of amides is 1. The molecule has 1 heterocycles. The predicted molar refractivity (Wildman–Crippen MR) is 91.3 cm³/mol. The Hall–Kier alpha value is -1.49. The summed E-state index contributed by atoms with van der Waals surface area (Å²) in [6.07, 6.45) is 4.23. The molecular weight excluding hydrogens is 290 g/mol. The third kappa shape index (κ3) is 5.27. The van der Waals surface area contributed by atoms with Gasteiger partial charge in [0.25, 0.3) is 5.91 Å². The smallest absolute Gasteiger partial charge is 0.254 e. The van der Waals surface area contributed by atoms with Crippen LogP contribution in [0.3, 0.4) is 0 Å². The van der Waals surface area contributed by atoms with Gasteiger partial charge < -0.3 is 10.1 Å². The van der Waals surface area contributed by atoms with Gasteiger partial charge in [-0.1, -0.05) is 40.5 Å². The Kier molecular flexibility index (Phi) is 5.74. The largest absolute Gasteiger partial charge is 0.365 e. The highest BCUT2D eigenvalue weighted by atomic mass is 16.5. The fraction of sp³-hybridized carbons (Fsp3) is 0.722. The maximum atomic E-state index is 12.2. The van der Waals surface area contributed by atoms with Crippen molar-refractivity contribution in [3.05, 3.63) is 17.8 Å². The molecule has 5 nitrogen and oxygen atoms in total. The Morgan fingerprint density at radius 3 is 2.61 bits per heavy atom. The van der Waals surface area contributed by atoms with Crippen LogP contribution >= 0.6 is 0 Å². The summed E-state index contributed by atoms with van der Waals surface area (Å²) in [5.41, 5.74) is 0.847. The third-order valence-corrected chi connectivity index (χ3v) is 4.34. The highest BCUT2D eigenvalue weighted by Crippen LogP contribution is 2.26. The van der Waals surface area contributed by atoms with E-state index in [-0.39, 0.29) is 17.4 Å². The molecule has 0 radical (unpaired) electrons. The van der Waals surface area contributed by atoms with E-state index in [0.29, 0.717) is 11.7 Å². The first-order valence-electron chi connectivity index (χ1n) is 8.56. The van der Waals surface area contributed by atoms with E-state index in [4.69, 9.17) is 4.74 Å². The van der Waals surface area contributed by atoms with Crippen LogP contribution in [0.25, 0.3) is 0 Å². The summed E-state index contributed by atoms with van der Waals surface area (Å²) in [5.74, 6) is 0.983. The highest BCUT2D eigenvalue weighted by Gasteiger charge is 2.24. The van der Waals surface area contributed by atoms with Gasteiger partial charge >= 0.3 is 0 Å². The maximum absolute atomic E-state index is 12.2. The van der Waals surface area contributed by atoms with Gasteiger partial charge in [0.05, 0.1) is 11.8 Å². The lowest BCUT2D eigenvalue weighted by molar-refractivity contribution is -0.131. The summed E-state index contributed by atoms with van der Waals surface area (Å²) in [4.78, 5) is 12.2. The number of aromatic nitrogens is 2. The van der Waals surface area contributed by atoms with Crippen LogP contribution in [0.2, 0.25) is 0 Å². The average molecular weight is 319 g/mol. The first kappa shape index (κ1) is 17.9. The highest BCUT2D eigenvalue weighted by molar-refractivity contribution is 5.92. The van der Waals surface area contributed by atoms with E-state index in [9.17, 15) is 4.79 Å². The Morgan fingerprint density at radius 1 is 1.30 bits per heavy atom. The van der Waals surface area contributed by atoms with E-state index < -0.39 is 6.10 Å². The first-order valence-corrected chi connectivity index (χ1v) is 8.56. The number of anilines is 1. The normalized spacial score (nSPS) is 23.3. The van der Waals surface area contributed by atoms with Crippen molar-refractivity contribution in [2.24, 2.45) is 5.92 Å². The monoisotopic (exact) mass is 319 g/mol. The van der Waals surface area contributed by atoms with Crippen molar-refractivity contribution in [1.29, 1.82) is 0 Å². The van der Waals surface area contributed by atoms with Crippen LogP contribution in [0.15, 0.2) is 12.1 Å². The fourth-order valence-electron chi connectivity index (χ4n) is 2.88. The van der Waals surface area contributed by atoms with Crippen LogP contribution in [0.1, 0.15) is 66.0 Å². The Balaban J connectivity index is 1.88. The molecule has 3 atom stereocenters. The molecule has 0 spiro atoms. The summed E-state index contributed by atoms with van der Waals surface area (Å²) in [6.45, 7) is 10.3. The molecule has 1 amide bonds. The zero-order valence-corrected chi connectivity index (χ0v) is 14.9. The lowest BCUT2D eigenvalue weighted by atomic mass is 9.88. The predicted octanol–water partition coefficient (Wildman–Crippen LogP) is 3.70. The Bertz CT molecular complexity index is 522. The van der Waals surface area contributed by atoms with Crippen LogP contribution in [-0.4, -0.2) is 28.3 Å². The zero-order chi connectivity index (χ0) is 17.0. The second-order valence-corrected chi connectivity index (χ2v) is 7.72. The van der Waals surface area contributed by atoms with Gasteiger partial charge in [-0.3, -0.25) is 4.79 Å². The number of rotatable bonds is 4. The van der Waals surface area contributed by atoms with Gasteiger partial charge in [0.15, 0.2) is 5.82 Å². The van der Waals surface area contributed by atoms with Gasteiger partial charge in [-0.25, -0.2) is 0 Å². The molecule has 1 aromatic heterocycles. The summed E-state index contributed by atoms with van der Waals surface area (Å²) in [7, 11) is 0. The second kappa shape index (κ2) is 7.39. The van der Waals surface area contributed by atoms with Gasteiger partial charge in [0.1, 0.15) is 6.10 Å². The lowest BCUT2D eigenvalue weighted by Crippen LogP contribution is -2.34. The summed E-state index contributed by atoms with van der Waals surface area (Å²) < 4.78 is 5.91. The quantitative estimate of drug-likeness (QED) is 0.919. The summed E-state index contributed by atoms with van der Waals surface area (Å²) >= 11 is 0. The van der Waals surface area contributed by atoms with Crippen molar-refractivity contribution in [1.82, 2.24) is 10.2 Å². The molecule has 2 rings (SSSR count). The molecule has 0 aromatic carbocycles. The molecule has 23 heavy (non-hydrogen) atoms. The molecule has 128 valence electrons. The molecule has 1 saturated carbocycles. The molecule has 0 saturated heterocycles. The zero-order valence-electron chi connectivity index (χ0n) is 14.9. The minimum Gasteiger partial charge on any atom is -0.365 e. The molecule has 1 aromatic rings. The van der Waals surface area contributed by atoms with Crippen molar-refractivity contribution in [3.63, 3.8) is 0 Å². The molecule has 5 heteroatoms. The second-order valence-electron chi connectivity index (χ2n) is 7.72. The minimum absolute atomic E-state index is 0.0520. The van der Waals surface area contributed by atoms with Gasteiger partial charge in [0, 0.05) is 5.41 Å².